The molecule has 0 heterocycles. The predicted octanol–water partition coefficient (Wildman–Crippen LogP) is 1.50. The van der Waals surface area contributed by atoms with E-state index in [-0.39, 0.29) is 0 Å². The first kappa shape index (κ1) is 8.47. The van der Waals surface area contributed by atoms with Crippen LogP contribution in [0.3, 0.4) is 0 Å². The highest BCUT2D eigenvalue weighted by Gasteiger charge is 2.37. The highest BCUT2D eigenvalue weighted by Crippen LogP contribution is 2.24. The van der Waals surface area contributed by atoms with E-state index in [1.165, 1.54) is 0 Å². The van der Waals surface area contributed by atoms with Gasteiger partial charge in [0.1, 0.15) is 5.25 Å². The largest absolute Gasteiger partial charge is 0.523 e. The summed E-state index contributed by atoms with van der Waals surface area (Å²) < 4.78 is 24.3. The second kappa shape index (κ2) is 3.18. The van der Waals surface area contributed by atoms with E-state index in [1.54, 1.807) is 0 Å². The molecule has 11 heavy (non-hydrogen) atoms. The molecule has 1 aliphatic carbocycles. The zero-order chi connectivity index (χ0) is 8.32. The summed E-state index contributed by atoms with van der Waals surface area (Å²) in [6.45, 7) is 0. The molecule has 0 saturated heterocycles. The monoisotopic (exact) mass is 175 g/mol. The van der Waals surface area contributed by atoms with E-state index in [2.05, 4.69) is 4.38 Å². The van der Waals surface area contributed by atoms with Crippen molar-refractivity contribution in [1.29, 1.82) is 5.39 Å². The molecule has 0 N–H and O–H groups in total. The standard InChI is InChI=1S/C6H11N2O2S/c7-8-11(9,10)6-4-2-1-3-5-6/h6H,1-5H2/q+1. The van der Waals surface area contributed by atoms with Crippen molar-refractivity contribution >= 4 is 10.0 Å². The Bertz CT molecular complexity index is 259. The summed E-state index contributed by atoms with van der Waals surface area (Å²) in [7, 11) is -3.54. The molecule has 0 aliphatic heterocycles. The van der Waals surface area contributed by atoms with Gasteiger partial charge in [0.05, 0.1) is 0 Å². The molecule has 0 atom stereocenters. The summed E-state index contributed by atoms with van der Waals surface area (Å²) >= 11 is 0. The second-order valence-electron chi connectivity index (χ2n) is 2.86. The molecule has 0 aromatic rings. The van der Waals surface area contributed by atoms with Gasteiger partial charge in [0.2, 0.25) is 5.39 Å². The lowest BCUT2D eigenvalue weighted by Crippen LogP contribution is -2.20. The van der Waals surface area contributed by atoms with Crippen molar-refractivity contribution in [2.24, 2.45) is 0 Å². The molecule has 1 aliphatic rings. The van der Waals surface area contributed by atoms with E-state index in [1.807, 2.05) is 0 Å². The SMILES string of the molecule is N#[N+]S(=O)(=O)C1CCCCC1. The lowest BCUT2D eigenvalue weighted by Gasteiger charge is -2.12. The number of sulfonamides is 1. The van der Waals surface area contributed by atoms with Crippen molar-refractivity contribution < 1.29 is 8.42 Å². The number of hydrogen-bond acceptors (Lipinski definition) is 3. The average molecular weight is 175 g/mol. The quantitative estimate of drug-likeness (QED) is 0.567. The van der Waals surface area contributed by atoms with Crippen molar-refractivity contribution in [3.8, 4) is 0 Å². The van der Waals surface area contributed by atoms with Crippen LogP contribution in [0, 0.1) is 5.39 Å². The molecule has 0 spiro atoms. The first-order valence-corrected chi connectivity index (χ1v) is 5.27. The Morgan fingerprint density at radius 1 is 1.18 bits per heavy atom. The van der Waals surface area contributed by atoms with Crippen molar-refractivity contribution in [2.45, 2.75) is 37.4 Å². The lowest BCUT2D eigenvalue weighted by atomic mass is 10.0. The number of diazo groups is 1. The second-order valence-corrected chi connectivity index (χ2v) is 4.72. The highest BCUT2D eigenvalue weighted by molar-refractivity contribution is 7.93. The molecule has 1 saturated carbocycles. The van der Waals surface area contributed by atoms with Gasteiger partial charge in [0, 0.05) is 0 Å². The molecule has 62 valence electrons. The lowest BCUT2D eigenvalue weighted by molar-refractivity contribution is 0.487. The van der Waals surface area contributed by atoms with E-state index < -0.39 is 15.3 Å². The number of hydrogen-bond donors (Lipinski definition) is 0. The van der Waals surface area contributed by atoms with Gasteiger partial charge in [-0.05, 0) is 12.8 Å². The van der Waals surface area contributed by atoms with Gasteiger partial charge in [-0.25, -0.2) is 0 Å². The van der Waals surface area contributed by atoms with E-state index in [0.29, 0.717) is 12.8 Å². The maximum absolute atomic E-state index is 10.9. The molecule has 1 fully saturated rings. The molecule has 0 amide bonds. The fourth-order valence-electron chi connectivity index (χ4n) is 1.43. The first-order valence-electron chi connectivity index (χ1n) is 3.77. The Labute approximate surface area is 66.3 Å². The first-order chi connectivity index (χ1) is 5.17. The van der Waals surface area contributed by atoms with Crippen LogP contribution in [-0.4, -0.2) is 13.7 Å². The van der Waals surface area contributed by atoms with Gasteiger partial charge < -0.3 is 0 Å². The molecule has 1 rings (SSSR count). The maximum atomic E-state index is 10.9. The molecule has 5 heteroatoms. The van der Waals surface area contributed by atoms with Gasteiger partial charge in [0.15, 0.2) is 0 Å². The van der Waals surface area contributed by atoms with Crippen LogP contribution in [0.2, 0.25) is 0 Å². The molecular formula is C6H11N2O2S+. The Balaban J connectivity index is 2.68. The van der Waals surface area contributed by atoms with Crippen LogP contribution in [0.1, 0.15) is 32.1 Å². The third kappa shape index (κ3) is 1.90. The summed E-state index contributed by atoms with van der Waals surface area (Å²) in [5, 5.41) is 7.75. The van der Waals surface area contributed by atoms with E-state index >= 15 is 0 Å². The Morgan fingerprint density at radius 3 is 2.18 bits per heavy atom. The van der Waals surface area contributed by atoms with E-state index in [4.69, 9.17) is 5.39 Å². The summed E-state index contributed by atoms with van der Waals surface area (Å²) in [4.78, 5) is 0. The summed E-state index contributed by atoms with van der Waals surface area (Å²) in [5.74, 6) is 0. The van der Waals surface area contributed by atoms with Crippen LogP contribution in [0.15, 0.2) is 0 Å². The van der Waals surface area contributed by atoms with Crippen molar-refractivity contribution in [1.82, 2.24) is 0 Å². The maximum Gasteiger partial charge on any atom is 0.523 e. The van der Waals surface area contributed by atoms with Gasteiger partial charge in [-0.2, -0.15) is 0 Å². The molecule has 0 bridgehead atoms. The van der Waals surface area contributed by atoms with Crippen molar-refractivity contribution in [3.05, 3.63) is 4.38 Å². The summed E-state index contributed by atoms with van der Waals surface area (Å²) in [6.07, 6.45) is 4.25. The van der Waals surface area contributed by atoms with Crippen molar-refractivity contribution in [2.75, 3.05) is 0 Å². The van der Waals surface area contributed by atoms with Gasteiger partial charge in [-0.1, -0.05) is 19.3 Å². The highest BCUT2D eigenvalue weighted by atomic mass is 32.2. The molecular weight excluding hydrogens is 164 g/mol. The summed E-state index contributed by atoms with van der Waals surface area (Å²) in [5.41, 5.74) is 0. The average Bonchev–Trinajstić information content (AvgIpc) is 2.06. The van der Waals surface area contributed by atoms with Gasteiger partial charge in [-0.3, -0.25) is 0 Å². The van der Waals surface area contributed by atoms with E-state index in [9.17, 15) is 8.42 Å². The minimum absolute atomic E-state index is 0.429. The normalized spacial score (nSPS) is 21.0. The Morgan fingerprint density at radius 2 is 1.73 bits per heavy atom. The fourth-order valence-corrected chi connectivity index (χ4v) is 2.49. The smallest absolute Gasteiger partial charge is 0.145 e. The third-order valence-corrected chi connectivity index (χ3v) is 3.63. The van der Waals surface area contributed by atoms with Crippen LogP contribution in [0.25, 0.3) is 4.38 Å². The zero-order valence-electron chi connectivity index (χ0n) is 6.23. The Kier molecular flexibility index (Phi) is 2.45. The minimum atomic E-state index is -3.54. The zero-order valence-corrected chi connectivity index (χ0v) is 7.05. The molecule has 0 unspecified atom stereocenters. The summed E-state index contributed by atoms with van der Waals surface area (Å²) in [6, 6.07) is 0. The van der Waals surface area contributed by atoms with Crippen LogP contribution in [0.4, 0.5) is 0 Å². The Hall–Kier alpha value is -0.630. The third-order valence-electron chi connectivity index (χ3n) is 2.09. The van der Waals surface area contributed by atoms with Gasteiger partial charge in [0.25, 0.3) is 4.38 Å². The molecule has 0 radical (unpaired) electrons. The van der Waals surface area contributed by atoms with Crippen LogP contribution in [-0.2, 0) is 10.0 Å². The molecule has 0 aromatic carbocycles. The van der Waals surface area contributed by atoms with Crippen LogP contribution >= 0.6 is 0 Å². The topological polar surface area (TPSA) is 62.3 Å². The van der Waals surface area contributed by atoms with Crippen molar-refractivity contribution in [3.63, 3.8) is 0 Å². The van der Waals surface area contributed by atoms with Gasteiger partial charge in [-0.15, -0.1) is 8.42 Å². The van der Waals surface area contributed by atoms with Crippen LogP contribution < -0.4 is 0 Å². The molecule has 0 aromatic heterocycles. The number of rotatable bonds is 1. The van der Waals surface area contributed by atoms with Crippen LogP contribution in [0.5, 0.6) is 0 Å². The molecule has 4 nitrogen and oxygen atoms in total. The number of nitrogens with zero attached hydrogens (tertiary/aromatic N) is 2. The minimum Gasteiger partial charge on any atom is -0.145 e. The fraction of sp³-hybridized carbons (Fsp3) is 1.00. The van der Waals surface area contributed by atoms with E-state index in [0.717, 1.165) is 19.3 Å². The predicted molar refractivity (Wildman–Crippen MR) is 40.9 cm³/mol. The van der Waals surface area contributed by atoms with Gasteiger partial charge >= 0.3 is 10.0 Å².